The monoisotopic (exact) mass is 497 g/mol. The Morgan fingerprint density at radius 2 is 1.78 bits per heavy atom. The first kappa shape index (κ1) is 26.1. The maximum atomic E-state index is 13.1. The van der Waals surface area contributed by atoms with Gasteiger partial charge in [-0.15, -0.1) is 0 Å². The summed E-state index contributed by atoms with van der Waals surface area (Å²) in [4.78, 5) is 28.8. The number of urea groups is 1. The highest BCUT2D eigenvalue weighted by Crippen LogP contribution is 2.23. The second-order valence-corrected chi connectivity index (χ2v) is 9.57. The molecule has 2 aromatic rings. The van der Waals surface area contributed by atoms with Gasteiger partial charge in [-0.05, 0) is 93.6 Å². The summed E-state index contributed by atoms with van der Waals surface area (Å²) < 4.78 is 24.1. The summed E-state index contributed by atoms with van der Waals surface area (Å²) in [5.74, 6) is 0.0888. The molecule has 0 radical (unpaired) electrons. The molecule has 1 unspecified atom stereocenters. The number of likely N-dealkylation sites (tertiary alicyclic amines) is 1. The van der Waals surface area contributed by atoms with Crippen LogP contribution >= 0.6 is 0 Å². The van der Waals surface area contributed by atoms with Crippen LogP contribution < -0.4 is 5.32 Å². The minimum atomic E-state index is -0.372. The maximum Gasteiger partial charge on any atom is 0.338 e. The standard InChI is InChI=1S/C28H36FN3O4/c1-2-35-27(33)23-5-9-25(10-6-23)30-28(34)32-17-18-36-26(20-32)13-16-31-14-11-22(12-15-31)19-21-3-7-24(29)8-4-21/h3-10,22,26H,2,11-20H2,1H3,(H,30,34). The first-order valence-electron chi connectivity index (χ1n) is 12.9. The Labute approximate surface area is 212 Å². The number of amides is 2. The summed E-state index contributed by atoms with van der Waals surface area (Å²) >= 11 is 0. The van der Waals surface area contributed by atoms with Crippen LogP contribution in [0, 0.1) is 11.7 Å². The van der Waals surface area contributed by atoms with Gasteiger partial charge < -0.3 is 24.6 Å². The van der Waals surface area contributed by atoms with Crippen LogP contribution in [0.1, 0.15) is 42.1 Å². The van der Waals surface area contributed by atoms with E-state index in [0.717, 1.165) is 45.3 Å². The van der Waals surface area contributed by atoms with Crippen molar-refractivity contribution in [1.82, 2.24) is 9.80 Å². The highest BCUT2D eigenvalue weighted by molar-refractivity contribution is 5.92. The summed E-state index contributed by atoms with van der Waals surface area (Å²) in [7, 11) is 0. The molecular weight excluding hydrogens is 461 g/mol. The van der Waals surface area contributed by atoms with Gasteiger partial charge in [0.15, 0.2) is 0 Å². The average Bonchev–Trinajstić information content (AvgIpc) is 2.90. The summed E-state index contributed by atoms with van der Waals surface area (Å²) in [5, 5.41) is 2.91. The molecule has 7 nitrogen and oxygen atoms in total. The number of benzene rings is 2. The van der Waals surface area contributed by atoms with Crippen molar-refractivity contribution < 1.29 is 23.5 Å². The van der Waals surface area contributed by atoms with Crippen LogP contribution in [0.25, 0.3) is 0 Å². The van der Waals surface area contributed by atoms with Crippen molar-refractivity contribution in [2.24, 2.45) is 5.92 Å². The van der Waals surface area contributed by atoms with Crippen molar-refractivity contribution in [3.8, 4) is 0 Å². The molecule has 2 aliphatic rings. The lowest BCUT2D eigenvalue weighted by Gasteiger charge is -2.36. The van der Waals surface area contributed by atoms with Gasteiger partial charge in [-0.25, -0.2) is 14.0 Å². The Morgan fingerprint density at radius 3 is 2.47 bits per heavy atom. The van der Waals surface area contributed by atoms with Crippen LogP contribution in [0.2, 0.25) is 0 Å². The molecule has 8 heteroatoms. The van der Waals surface area contributed by atoms with Crippen molar-refractivity contribution >= 4 is 17.7 Å². The molecule has 2 aromatic carbocycles. The van der Waals surface area contributed by atoms with Gasteiger partial charge in [0.05, 0.1) is 24.9 Å². The van der Waals surface area contributed by atoms with Gasteiger partial charge in [0.25, 0.3) is 0 Å². The quantitative estimate of drug-likeness (QED) is 0.541. The molecule has 0 bridgehead atoms. The van der Waals surface area contributed by atoms with E-state index >= 15 is 0 Å². The Hall–Kier alpha value is -2.97. The molecule has 194 valence electrons. The molecule has 2 fully saturated rings. The molecule has 36 heavy (non-hydrogen) atoms. The van der Waals surface area contributed by atoms with E-state index in [-0.39, 0.29) is 23.9 Å². The van der Waals surface area contributed by atoms with Gasteiger partial charge in [-0.3, -0.25) is 0 Å². The molecule has 0 spiro atoms. The Kier molecular flexibility index (Phi) is 9.30. The van der Waals surface area contributed by atoms with E-state index in [2.05, 4.69) is 10.2 Å². The van der Waals surface area contributed by atoms with E-state index < -0.39 is 0 Å². The number of carbonyl (C=O) groups excluding carboxylic acids is 2. The number of rotatable bonds is 8. The Balaban J connectivity index is 1.17. The SMILES string of the molecule is CCOC(=O)c1ccc(NC(=O)N2CCOC(CCN3CCC(Cc4ccc(F)cc4)CC3)C2)cc1. The summed E-state index contributed by atoms with van der Waals surface area (Å²) in [6, 6.07) is 13.4. The molecule has 2 aliphatic heterocycles. The number of hydrogen-bond acceptors (Lipinski definition) is 5. The third-order valence-electron chi connectivity index (χ3n) is 6.99. The van der Waals surface area contributed by atoms with Crippen LogP contribution in [0.3, 0.4) is 0 Å². The fourth-order valence-electron chi connectivity index (χ4n) is 4.88. The number of nitrogens with one attached hydrogen (secondary N) is 1. The molecule has 0 saturated carbocycles. The fourth-order valence-corrected chi connectivity index (χ4v) is 4.88. The largest absolute Gasteiger partial charge is 0.462 e. The smallest absolute Gasteiger partial charge is 0.338 e. The topological polar surface area (TPSA) is 71.1 Å². The van der Waals surface area contributed by atoms with Crippen molar-refractivity contribution in [2.45, 2.75) is 38.7 Å². The zero-order chi connectivity index (χ0) is 25.3. The molecule has 0 aromatic heterocycles. The van der Waals surface area contributed by atoms with E-state index in [1.54, 1.807) is 48.2 Å². The molecular formula is C28H36FN3O4. The zero-order valence-electron chi connectivity index (χ0n) is 21.0. The van der Waals surface area contributed by atoms with Crippen LogP contribution in [-0.4, -0.2) is 73.8 Å². The van der Waals surface area contributed by atoms with Crippen molar-refractivity contribution in [1.29, 1.82) is 0 Å². The first-order chi connectivity index (χ1) is 17.5. The highest BCUT2D eigenvalue weighted by Gasteiger charge is 2.26. The predicted molar refractivity (Wildman–Crippen MR) is 137 cm³/mol. The third-order valence-corrected chi connectivity index (χ3v) is 6.99. The fraction of sp³-hybridized carbons (Fsp3) is 0.500. The summed E-state index contributed by atoms with van der Waals surface area (Å²) in [6.45, 7) is 6.81. The summed E-state index contributed by atoms with van der Waals surface area (Å²) in [6.07, 6.45) is 4.21. The Morgan fingerprint density at radius 1 is 1.06 bits per heavy atom. The third kappa shape index (κ3) is 7.51. The first-order valence-corrected chi connectivity index (χ1v) is 12.9. The second kappa shape index (κ2) is 12.8. The number of hydrogen-bond donors (Lipinski definition) is 1. The van der Waals surface area contributed by atoms with Crippen molar-refractivity contribution in [2.75, 3.05) is 51.3 Å². The maximum absolute atomic E-state index is 13.1. The minimum Gasteiger partial charge on any atom is -0.462 e. The predicted octanol–water partition coefficient (Wildman–Crippen LogP) is 4.58. The molecule has 2 heterocycles. The Bertz CT molecular complexity index is 991. The van der Waals surface area contributed by atoms with E-state index in [0.29, 0.717) is 43.5 Å². The van der Waals surface area contributed by atoms with Gasteiger partial charge >= 0.3 is 12.0 Å². The number of halogens is 1. The lowest BCUT2D eigenvalue weighted by atomic mass is 9.90. The van der Waals surface area contributed by atoms with Gasteiger partial charge in [-0.1, -0.05) is 12.1 Å². The number of esters is 1. The molecule has 0 aliphatic carbocycles. The van der Waals surface area contributed by atoms with Gasteiger partial charge in [-0.2, -0.15) is 0 Å². The van der Waals surface area contributed by atoms with Crippen LogP contribution in [-0.2, 0) is 15.9 Å². The van der Waals surface area contributed by atoms with E-state index in [1.165, 1.54) is 5.56 Å². The highest BCUT2D eigenvalue weighted by atomic mass is 19.1. The lowest BCUT2D eigenvalue weighted by Crippen LogP contribution is -2.48. The number of anilines is 1. The number of carbonyl (C=O) groups is 2. The normalized spacial score (nSPS) is 19.2. The van der Waals surface area contributed by atoms with Gasteiger partial charge in [0, 0.05) is 25.3 Å². The van der Waals surface area contributed by atoms with Gasteiger partial charge in [0.2, 0.25) is 0 Å². The lowest BCUT2D eigenvalue weighted by molar-refractivity contribution is -0.0214. The van der Waals surface area contributed by atoms with Crippen molar-refractivity contribution in [3.63, 3.8) is 0 Å². The number of piperidine rings is 1. The minimum absolute atomic E-state index is 0.0210. The van der Waals surface area contributed by atoms with Gasteiger partial charge in [0.1, 0.15) is 5.82 Å². The van der Waals surface area contributed by atoms with Crippen molar-refractivity contribution in [3.05, 3.63) is 65.5 Å². The van der Waals surface area contributed by atoms with E-state index in [1.807, 2.05) is 12.1 Å². The molecule has 4 rings (SSSR count). The molecule has 2 amide bonds. The van der Waals surface area contributed by atoms with E-state index in [9.17, 15) is 14.0 Å². The molecule has 1 atom stereocenters. The summed E-state index contributed by atoms with van der Waals surface area (Å²) in [5.41, 5.74) is 2.30. The average molecular weight is 498 g/mol. The number of nitrogens with zero attached hydrogens (tertiary/aromatic N) is 2. The van der Waals surface area contributed by atoms with Crippen LogP contribution in [0.4, 0.5) is 14.9 Å². The second-order valence-electron chi connectivity index (χ2n) is 9.57. The van der Waals surface area contributed by atoms with Crippen LogP contribution in [0.15, 0.2) is 48.5 Å². The zero-order valence-corrected chi connectivity index (χ0v) is 21.0. The van der Waals surface area contributed by atoms with E-state index in [4.69, 9.17) is 9.47 Å². The molecule has 2 saturated heterocycles. The number of ether oxygens (including phenoxy) is 2. The van der Waals surface area contributed by atoms with Crippen LogP contribution in [0.5, 0.6) is 0 Å². The number of morpholine rings is 1. The molecule has 1 N–H and O–H groups in total.